The summed E-state index contributed by atoms with van der Waals surface area (Å²) in [5.41, 5.74) is 1.83. The number of pyridine rings is 2. The maximum absolute atomic E-state index is 12.5. The molecule has 9 nitrogen and oxygen atoms in total. The minimum atomic E-state index is -0.263. The Morgan fingerprint density at radius 3 is 2.58 bits per heavy atom. The van der Waals surface area contributed by atoms with Gasteiger partial charge in [0.2, 0.25) is 5.91 Å². The number of carbonyl (C=O) groups excluding carboxylic acids is 2. The first-order valence-electron chi connectivity index (χ1n) is 12.1. The lowest BCUT2D eigenvalue weighted by Crippen LogP contribution is -2.23. The van der Waals surface area contributed by atoms with Crippen LogP contribution in [0.3, 0.4) is 0 Å². The molecule has 2 amide bonds. The molecule has 0 spiro atoms. The number of hydrogen-bond acceptors (Lipinski definition) is 7. The Bertz CT molecular complexity index is 1410. The highest BCUT2D eigenvalue weighted by atomic mass is 16.5. The Morgan fingerprint density at radius 2 is 1.82 bits per heavy atom. The highest BCUT2D eigenvalue weighted by molar-refractivity contribution is 6.04. The number of amides is 2. The van der Waals surface area contributed by atoms with Crippen molar-refractivity contribution in [1.82, 2.24) is 14.9 Å². The minimum absolute atomic E-state index is 0.226. The van der Waals surface area contributed by atoms with Crippen LogP contribution < -0.4 is 15.4 Å². The molecule has 0 radical (unpaired) electrons. The van der Waals surface area contributed by atoms with E-state index in [-0.39, 0.29) is 11.8 Å². The number of aromatic nitrogens is 2. The van der Waals surface area contributed by atoms with E-state index in [0.29, 0.717) is 41.7 Å². The number of nitrogens with one attached hydrogen (secondary N) is 2. The van der Waals surface area contributed by atoms with E-state index in [1.165, 1.54) is 6.08 Å². The lowest BCUT2D eigenvalue weighted by Gasteiger charge is -2.13. The number of carbonyl (C=O) groups is 2. The Morgan fingerprint density at radius 1 is 0.974 bits per heavy atom. The molecule has 194 valence electrons. The maximum atomic E-state index is 12.5. The zero-order valence-electron chi connectivity index (χ0n) is 21.3. The predicted octanol–water partition coefficient (Wildman–Crippen LogP) is 4.75. The number of nitrogens with zero attached hydrogens (tertiary/aromatic N) is 3. The molecule has 2 aromatic carbocycles. The molecule has 38 heavy (non-hydrogen) atoms. The normalized spacial score (nSPS) is 11.1. The van der Waals surface area contributed by atoms with Gasteiger partial charge in [0, 0.05) is 55.3 Å². The quantitative estimate of drug-likeness (QED) is 0.280. The van der Waals surface area contributed by atoms with Gasteiger partial charge in [0.05, 0.1) is 12.1 Å². The number of anilines is 2. The number of methoxy groups -OCH3 is 1. The largest absolute Gasteiger partial charge is 0.457 e. The number of hydrogen-bond donors (Lipinski definition) is 2. The van der Waals surface area contributed by atoms with Crippen LogP contribution >= 0.6 is 0 Å². The molecule has 0 atom stereocenters. The molecule has 2 N–H and O–H groups in total. The smallest absolute Gasteiger partial charge is 0.256 e. The first kappa shape index (κ1) is 26.5. The zero-order chi connectivity index (χ0) is 26.7. The van der Waals surface area contributed by atoms with E-state index in [1.807, 2.05) is 25.3 Å². The van der Waals surface area contributed by atoms with E-state index in [4.69, 9.17) is 9.47 Å². The van der Waals surface area contributed by atoms with Crippen molar-refractivity contribution in [2.24, 2.45) is 0 Å². The molecule has 4 aromatic rings. The molecular formula is C29H29N5O4. The third kappa shape index (κ3) is 7.45. The molecule has 2 aromatic heterocycles. The summed E-state index contributed by atoms with van der Waals surface area (Å²) in [7, 11) is 3.62. The van der Waals surface area contributed by atoms with Crippen molar-refractivity contribution in [3.63, 3.8) is 0 Å². The average Bonchev–Trinajstić information content (AvgIpc) is 2.93. The van der Waals surface area contributed by atoms with Crippen molar-refractivity contribution in [3.8, 4) is 11.5 Å². The van der Waals surface area contributed by atoms with Crippen molar-refractivity contribution >= 4 is 34.2 Å². The standard InChI is InChI=1S/C29H29N5O4/c1-34(18-19-37-2)17-5-7-28(35)32-22-10-13-25-24(20-22)26(14-16-30-25)38-23-11-8-21(9-12-23)29(36)33-27-6-3-4-15-31-27/h3-16,20H,17-19H2,1-2H3,(H,32,35)(H,31,33,36)/b7-5+. The van der Waals surface area contributed by atoms with Gasteiger partial charge in [0.1, 0.15) is 17.3 Å². The van der Waals surface area contributed by atoms with Crippen LogP contribution in [0.5, 0.6) is 11.5 Å². The van der Waals surface area contributed by atoms with Crippen LogP contribution in [-0.4, -0.2) is 60.5 Å². The van der Waals surface area contributed by atoms with Crippen LogP contribution in [0.2, 0.25) is 0 Å². The third-order valence-corrected chi connectivity index (χ3v) is 5.58. The van der Waals surface area contributed by atoms with Gasteiger partial charge >= 0.3 is 0 Å². The molecule has 0 bridgehead atoms. The van der Waals surface area contributed by atoms with Gasteiger partial charge in [-0.3, -0.25) is 14.6 Å². The van der Waals surface area contributed by atoms with Gasteiger partial charge in [-0.2, -0.15) is 0 Å². The van der Waals surface area contributed by atoms with Gasteiger partial charge in [-0.05, 0) is 67.7 Å². The first-order chi connectivity index (χ1) is 18.5. The third-order valence-electron chi connectivity index (χ3n) is 5.58. The Labute approximate surface area is 221 Å². The lowest BCUT2D eigenvalue weighted by atomic mass is 10.1. The van der Waals surface area contributed by atoms with Crippen LogP contribution in [0.4, 0.5) is 11.5 Å². The summed E-state index contributed by atoms with van der Waals surface area (Å²) < 4.78 is 11.2. The van der Waals surface area contributed by atoms with Gasteiger partial charge in [0.25, 0.3) is 5.91 Å². The summed E-state index contributed by atoms with van der Waals surface area (Å²) in [5, 5.41) is 6.37. The van der Waals surface area contributed by atoms with E-state index >= 15 is 0 Å². The Hall–Kier alpha value is -4.60. The summed E-state index contributed by atoms with van der Waals surface area (Å²) in [6, 6.07) is 19.3. The van der Waals surface area contributed by atoms with E-state index in [2.05, 4.69) is 25.5 Å². The molecule has 0 fully saturated rings. The second-order valence-electron chi connectivity index (χ2n) is 8.48. The summed E-state index contributed by atoms with van der Waals surface area (Å²) in [6.45, 7) is 2.06. The molecule has 4 rings (SSSR count). The van der Waals surface area contributed by atoms with Gasteiger partial charge in [-0.25, -0.2) is 4.98 Å². The van der Waals surface area contributed by atoms with Crippen molar-refractivity contribution in [1.29, 1.82) is 0 Å². The highest BCUT2D eigenvalue weighted by Crippen LogP contribution is 2.31. The summed E-state index contributed by atoms with van der Waals surface area (Å²) >= 11 is 0. The van der Waals surface area contributed by atoms with Crippen LogP contribution in [0.25, 0.3) is 10.9 Å². The number of rotatable bonds is 11. The molecule has 0 aliphatic rings. The molecular weight excluding hydrogens is 482 g/mol. The molecule has 2 heterocycles. The monoisotopic (exact) mass is 511 g/mol. The van der Waals surface area contributed by atoms with Crippen LogP contribution in [0.15, 0.2) is 91.3 Å². The second kappa shape index (κ2) is 13.1. The Balaban J connectivity index is 1.41. The van der Waals surface area contributed by atoms with Crippen molar-refractivity contribution in [3.05, 3.63) is 96.8 Å². The fourth-order valence-electron chi connectivity index (χ4n) is 3.58. The lowest BCUT2D eigenvalue weighted by molar-refractivity contribution is -0.111. The zero-order valence-corrected chi connectivity index (χ0v) is 21.3. The van der Waals surface area contributed by atoms with Gasteiger partial charge < -0.3 is 25.0 Å². The van der Waals surface area contributed by atoms with Crippen molar-refractivity contribution < 1.29 is 19.1 Å². The van der Waals surface area contributed by atoms with Crippen LogP contribution in [0.1, 0.15) is 10.4 Å². The maximum Gasteiger partial charge on any atom is 0.256 e. The van der Waals surface area contributed by atoms with E-state index in [0.717, 1.165) is 17.4 Å². The summed E-state index contributed by atoms with van der Waals surface area (Å²) in [5.74, 6) is 1.12. The van der Waals surface area contributed by atoms with Gasteiger partial charge in [-0.15, -0.1) is 0 Å². The second-order valence-corrected chi connectivity index (χ2v) is 8.48. The molecule has 0 aliphatic heterocycles. The van der Waals surface area contributed by atoms with E-state index in [9.17, 15) is 9.59 Å². The van der Waals surface area contributed by atoms with Crippen molar-refractivity contribution in [2.75, 3.05) is 44.5 Å². The highest BCUT2D eigenvalue weighted by Gasteiger charge is 2.10. The topological polar surface area (TPSA) is 106 Å². The molecule has 9 heteroatoms. The van der Waals surface area contributed by atoms with E-state index < -0.39 is 0 Å². The average molecular weight is 512 g/mol. The first-order valence-corrected chi connectivity index (χ1v) is 12.1. The minimum Gasteiger partial charge on any atom is -0.457 e. The molecule has 0 saturated carbocycles. The molecule has 0 unspecified atom stereocenters. The molecule has 0 aliphatic carbocycles. The SMILES string of the molecule is COCCN(C)C/C=C/C(=O)Nc1ccc2nccc(Oc3ccc(C(=O)Nc4ccccn4)cc3)c2c1. The van der Waals surface area contributed by atoms with Crippen LogP contribution in [0, 0.1) is 0 Å². The fourth-order valence-corrected chi connectivity index (χ4v) is 3.58. The number of benzene rings is 2. The number of likely N-dealkylation sites (N-methyl/N-ethyl adjacent to an activating group) is 1. The number of ether oxygens (including phenoxy) is 2. The predicted molar refractivity (Wildman–Crippen MR) is 148 cm³/mol. The fraction of sp³-hybridized carbons (Fsp3) is 0.172. The van der Waals surface area contributed by atoms with Gasteiger partial charge in [-0.1, -0.05) is 12.1 Å². The summed E-state index contributed by atoms with van der Waals surface area (Å²) in [4.78, 5) is 35.4. The van der Waals surface area contributed by atoms with Crippen LogP contribution in [-0.2, 0) is 9.53 Å². The van der Waals surface area contributed by atoms with Gasteiger partial charge in [0.15, 0.2) is 0 Å². The summed E-state index contributed by atoms with van der Waals surface area (Å²) in [6.07, 6.45) is 6.60. The Kier molecular flexibility index (Phi) is 9.12. The number of fused-ring (bicyclic) bond motifs is 1. The molecule has 0 saturated heterocycles. The van der Waals surface area contributed by atoms with E-state index in [1.54, 1.807) is 74.1 Å². The van der Waals surface area contributed by atoms with Crippen molar-refractivity contribution in [2.45, 2.75) is 0 Å².